The number of hydrazone groups is 1. The minimum absolute atomic E-state index is 0.00506. The van der Waals surface area contributed by atoms with Crippen molar-refractivity contribution in [2.75, 3.05) is 40.0 Å². The van der Waals surface area contributed by atoms with Crippen LogP contribution in [0.15, 0.2) is 53.6 Å². The van der Waals surface area contributed by atoms with Gasteiger partial charge in [-0.15, -0.1) is 0 Å². The fourth-order valence-corrected chi connectivity index (χ4v) is 4.23. The van der Waals surface area contributed by atoms with Crippen LogP contribution in [0.4, 0.5) is 0 Å². The number of aromatic amines is 1. The number of morpholine rings is 1. The molecule has 1 N–H and O–H groups in total. The molecule has 3 heterocycles. The number of rotatable bonds is 6. The van der Waals surface area contributed by atoms with Gasteiger partial charge in [-0.3, -0.25) is 9.69 Å². The van der Waals surface area contributed by atoms with Gasteiger partial charge in [0.05, 0.1) is 37.1 Å². The summed E-state index contributed by atoms with van der Waals surface area (Å²) in [6, 6.07) is 15.4. The van der Waals surface area contributed by atoms with Gasteiger partial charge >= 0.3 is 0 Å². The average molecular weight is 434 g/mol. The van der Waals surface area contributed by atoms with Crippen LogP contribution in [0.2, 0.25) is 0 Å². The van der Waals surface area contributed by atoms with E-state index in [0.717, 1.165) is 60.2 Å². The quantitative estimate of drug-likeness (QED) is 0.646. The van der Waals surface area contributed by atoms with Crippen molar-refractivity contribution in [3.05, 3.63) is 59.9 Å². The van der Waals surface area contributed by atoms with Crippen LogP contribution in [-0.4, -0.2) is 71.5 Å². The highest BCUT2D eigenvalue weighted by molar-refractivity contribution is 6.03. The van der Waals surface area contributed by atoms with E-state index < -0.39 is 0 Å². The molecule has 166 valence electrons. The first kappa shape index (κ1) is 20.7. The Bertz CT molecular complexity index is 1090. The summed E-state index contributed by atoms with van der Waals surface area (Å²) >= 11 is 0. The van der Waals surface area contributed by atoms with E-state index in [1.807, 2.05) is 48.5 Å². The zero-order chi connectivity index (χ0) is 21.9. The molecule has 1 atom stereocenters. The Morgan fingerprint density at radius 1 is 1.16 bits per heavy atom. The lowest BCUT2D eigenvalue weighted by molar-refractivity contribution is -0.133. The number of nitrogens with zero attached hydrogens (tertiary/aromatic N) is 4. The maximum absolute atomic E-state index is 13.3. The van der Waals surface area contributed by atoms with Crippen LogP contribution in [0.25, 0.3) is 11.0 Å². The van der Waals surface area contributed by atoms with Crippen molar-refractivity contribution in [1.29, 1.82) is 0 Å². The van der Waals surface area contributed by atoms with Crippen LogP contribution < -0.4 is 4.74 Å². The molecular weight excluding hydrogens is 406 g/mol. The molecule has 8 heteroatoms. The van der Waals surface area contributed by atoms with E-state index in [-0.39, 0.29) is 11.9 Å². The van der Waals surface area contributed by atoms with Gasteiger partial charge in [-0.05, 0) is 42.0 Å². The van der Waals surface area contributed by atoms with Crippen molar-refractivity contribution in [2.45, 2.75) is 18.9 Å². The third-order valence-electron chi connectivity index (χ3n) is 6.06. The number of hydrogen-bond acceptors (Lipinski definition) is 6. The Morgan fingerprint density at radius 2 is 1.94 bits per heavy atom. The lowest BCUT2D eigenvalue weighted by atomic mass is 10.0. The molecule has 3 aromatic rings. The fourth-order valence-electron chi connectivity index (χ4n) is 4.23. The molecule has 2 aromatic carbocycles. The molecular formula is C24H27N5O3. The average Bonchev–Trinajstić information content (AvgIpc) is 3.48. The predicted octanol–water partition coefficient (Wildman–Crippen LogP) is 2.97. The monoisotopic (exact) mass is 433 g/mol. The van der Waals surface area contributed by atoms with Gasteiger partial charge in [0.1, 0.15) is 17.6 Å². The molecule has 0 bridgehead atoms. The number of carbonyl (C=O) groups is 1. The minimum Gasteiger partial charge on any atom is -0.497 e. The molecule has 32 heavy (non-hydrogen) atoms. The number of fused-ring (bicyclic) bond motifs is 1. The largest absolute Gasteiger partial charge is 0.497 e. The van der Waals surface area contributed by atoms with Crippen molar-refractivity contribution in [1.82, 2.24) is 19.9 Å². The smallest absolute Gasteiger partial charge is 0.244 e. The van der Waals surface area contributed by atoms with Crippen LogP contribution in [0, 0.1) is 0 Å². The normalized spacial score (nSPS) is 19.3. The number of carbonyl (C=O) groups excluding carboxylic acids is 1. The first-order valence-corrected chi connectivity index (χ1v) is 11.0. The zero-order valence-corrected chi connectivity index (χ0v) is 18.2. The summed E-state index contributed by atoms with van der Waals surface area (Å²) < 4.78 is 10.7. The first-order valence-electron chi connectivity index (χ1n) is 11.0. The van der Waals surface area contributed by atoms with E-state index in [0.29, 0.717) is 19.4 Å². The molecule has 0 radical (unpaired) electrons. The van der Waals surface area contributed by atoms with Crippen molar-refractivity contribution in [3.63, 3.8) is 0 Å². The molecule has 8 nitrogen and oxygen atoms in total. The second kappa shape index (κ2) is 9.10. The van der Waals surface area contributed by atoms with Gasteiger partial charge in [0.25, 0.3) is 0 Å². The number of H-pyrrole nitrogens is 1. The second-order valence-electron chi connectivity index (χ2n) is 8.08. The molecule has 2 aliphatic rings. The summed E-state index contributed by atoms with van der Waals surface area (Å²) in [6.45, 7) is 3.87. The van der Waals surface area contributed by atoms with Gasteiger partial charge in [-0.1, -0.05) is 12.1 Å². The summed E-state index contributed by atoms with van der Waals surface area (Å²) in [5, 5.41) is 6.38. The number of methoxy groups -OCH3 is 1. The fraction of sp³-hybridized carbons (Fsp3) is 0.375. The van der Waals surface area contributed by atoms with E-state index in [4.69, 9.17) is 19.6 Å². The van der Waals surface area contributed by atoms with Gasteiger partial charge in [0, 0.05) is 32.5 Å². The molecule has 0 spiro atoms. The van der Waals surface area contributed by atoms with E-state index in [1.54, 1.807) is 12.1 Å². The summed E-state index contributed by atoms with van der Waals surface area (Å²) in [7, 11) is 1.65. The molecule has 1 unspecified atom stereocenters. The third-order valence-corrected chi connectivity index (χ3v) is 6.06. The van der Waals surface area contributed by atoms with Crippen molar-refractivity contribution in [2.24, 2.45) is 5.10 Å². The summed E-state index contributed by atoms with van der Waals surface area (Å²) in [6.07, 6.45) is 1.02. The topological polar surface area (TPSA) is 83.1 Å². The van der Waals surface area contributed by atoms with E-state index in [2.05, 4.69) is 9.88 Å². The SMILES string of the molecule is COc1ccc(C2=NN(C(=O)CCN3CCOCC3)C(c3nc4ccccc4[nH]3)C2)cc1. The van der Waals surface area contributed by atoms with E-state index >= 15 is 0 Å². The van der Waals surface area contributed by atoms with Crippen LogP contribution in [-0.2, 0) is 9.53 Å². The highest BCUT2D eigenvalue weighted by Crippen LogP contribution is 2.33. The van der Waals surface area contributed by atoms with Crippen molar-refractivity contribution < 1.29 is 14.3 Å². The summed E-state index contributed by atoms with van der Waals surface area (Å²) in [5.74, 6) is 1.56. The highest BCUT2D eigenvalue weighted by Gasteiger charge is 2.35. The van der Waals surface area contributed by atoms with Gasteiger partial charge in [-0.2, -0.15) is 5.10 Å². The van der Waals surface area contributed by atoms with E-state index in [9.17, 15) is 4.79 Å². The van der Waals surface area contributed by atoms with E-state index in [1.165, 1.54) is 0 Å². The Kier molecular flexibility index (Phi) is 5.87. The van der Waals surface area contributed by atoms with Crippen LogP contribution in [0.5, 0.6) is 5.75 Å². The lowest BCUT2D eigenvalue weighted by Crippen LogP contribution is -2.39. The third kappa shape index (κ3) is 4.24. The standard InChI is InChI=1S/C24H27N5O3/c1-31-18-8-6-17(7-9-18)21-16-22(24-25-19-4-2-3-5-20(19)26-24)29(27-21)23(30)10-11-28-12-14-32-15-13-28/h2-9,22H,10-16H2,1H3,(H,25,26). The number of imidazole rings is 1. The zero-order valence-electron chi connectivity index (χ0n) is 18.2. The summed E-state index contributed by atoms with van der Waals surface area (Å²) in [4.78, 5) is 23.7. The Hall–Kier alpha value is -3.23. The molecule has 1 saturated heterocycles. The Labute approximate surface area is 186 Å². The van der Waals surface area contributed by atoms with Gasteiger partial charge in [-0.25, -0.2) is 9.99 Å². The molecule has 0 aliphatic carbocycles. The van der Waals surface area contributed by atoms with Gasteiger partial charge in [0.2, 0.25) is 5.91 Å². The molecule has 5 rings (SSSR count). The second-order valence-corrected chi connectivity index (χ2v) is 8.08. The number of hydrogen-bond donors (Lipinski definition) is 1. The number of amides is 1. The van der Waals surface area contributed by atoms with Crippen LogP contribution in [0.3, 0.4) is 0 Å². The highest BCUT2D eigenvalue weighted by atomic mass is 16.5. The number of aromatic nitrogens is 2. The van der Waals surface area contributed by atoms with Gasteiger partial charge < -0.3 is 14.5 Å². The number of benzene rings is 2. The van der Waals surface area contributed by atoms with Gasteiger partial charge in [0.15, 0.2) is 0 Å². The molecule has 1 fully saturated rings. The number of para-hydroxylation sites is 2. The maximum atomic E-state index is 13.3. The number of nitrogens with one attached hydrogen (secondary N) is 1. The first-order chi connectivity index (χ1) is 15.7. The minimum atomic E-state index is -0.253. The lowest BCUT2D eigenvalue weighted by Gasteiger charge is -2.27. The van der Waals surface area contributed by atoms with Crippen LogP contribution in [0.1, 0.15) is 30.3 Å². The molecule has 1 aromatic heterocycles. The van der Waals surface area contributed by atoms with Crippen molar-refractivity contribution in [3.8, 4) is 5.75 Å². The predicted molar refractivity (Wildman–Crippen MR) is 122 cm³/mol. The molecule has 2 aliphatic heterocycles. The Balaban J connectivity index is 1.40. The maximum Gasteiger partial charge on any atom is 0.244 e. The number of ether oxygens (including phenoxy) is 2. The van der Waals surface area contributed by atoms with Crippen LogP contribution >= 0.6 is 0 Å². The molecule has 1 amide bonds. The summed E-state index contributed by atoms with van der Waals surface area (Å²) in [5.41, 5.74) is 3.70. The van der Waals surface area contributed by atoms with Crippen molar-refractivity contribution >= 4 is 22.7 Å². The Morgan fingerprint density at radius 3 is 2.69 bits per heavy atom. The molecule has 0 saturated carbocycles.